The van der Waals surface area contributed by atoms with Gasteiger partial charge in [-0.05, 0) is 36.8 Å². The molecule has 0 bridgehead atoms. The predicted octanol–water partition coefficient (Wildman–Crippen LogP) is 2.86. The molecule has 0 radical (unpaired) electrons. The highest BCUT2D eigenvalue weighted by Crippen LogP contribution is 2.44. The average molecular weight is 380 g/mol. The summed E-state index contributed by atoms with van der Waals surface area (Å²) < 4.78 is 29.3. The first-order valence-electron chi connectivity index (χ1n) is 8.63. The van der Waals surface area contributed by atoms with Gasteiger partial charge in [0, 0.05) is 11.1 Å². The summed E-state index contributed by atoms with van der Waals surface area (Å²) in [5, 5.41) is 15.1. The van der Waals surface area contributed by atoms with Crippen molar-refractivity contribution in [2.75, 3.05) is 5.32 Å². The summed E-state index contributed by atoms with van der Waals surface area (Å²) in [5.41, 5.74) is 1.27. The van der Waals surface area contributed by atoms with Crippen molar-refractivity contribution >= 4 is 16.5 Å². The molecular weight excluding hydrogens is 366 g/mol. The van der Waals surface area contributed by atoms with Crippen molar-refractivity contribution in [3.05, 3.63) is 81.8 Å². The van der Waals surface area contributed by atoms with E-state index < -0.39 is 23.5 Å². The molecule has 1 aliphatic heterocycles. The Kier molecular flexibility index (Phi) is 3.51. The second kappa shape index (κ2) is 5.95. The molecule has 28 heavy (non-hydrogen) atoms. The van der Waals surface area contributed by atoms with E-state index in [1.54, 1.807) is 23.7 Å². The zero-order chi connectivity index (χ0) is 19.4. The maximum Gasteiger partial charge on any atom is 0.272 e. The molecule has 0 saturated heterocycles. The lowest BCUT2D eigenvalue weighted by Gasteiger charge is -2.34. The van der Waals surface area contributed by atoms with Gasteiger partial charge in [-0.2, -0.15) is 10.2 Å². The summed E-state index contributed by atoms with van der Waals surface area (Å²) in [6, 6.07) is 7.63. The Bertz CT molecular complexity index is 1260. The van der Waals surface area contributed by atoms with Crippen LogP contribution in [0.15, 0.2) is 47.5 Å². The molecule has 0 aliphatic carbocycles. The smallest absolute Gasteiger partial charge is 0.272 e. The van der Waals surface area contributed by atoms with Crippen LogP contribution >= 0.6 is 0 Å². The van der Waals surface area contributed by atoms with Gasteiger partial charge in [-0.25, -0.2) is 23.5 Å². The number of hydrogen-bond acceptors (Lipinski definition) is 5. The summed E-state index contributed by atoms with van der Waals surface area (Å²) in [6.45, 7) is 1.80. The molecule has 7 nitrogen and oxygen atoms in total. The molecule has 9 heteroatoms. The number of aromatic amines is 1. The maximum atomic E-state index is 14.1. The molecule has 2 N–H and O–H groups in total. The minimum absolute atomic E-state index is 0.202. The molecular formula is C19H14F2N6O. The molecule has 140 valence electrons. The van der Waals surface area contributed by atoms with E-state index in [1.807, 2.05) is 0 Å². The summed E-state index contributed by atoms with van der Waals surface area (Å²) >= 11 is 0. The van der Waals surface area contributed by atoms with E-state index in [0.29, 0.717) is 22.6 Å². The Hall–Kier alpha value is -3.62. The fraction of sp³-hybridized carbons (Fsp3) is 0.158. The van der Waals surface area contributed by atoms with Crippen LogP contribution in [0.3, 0.4) is 0 Å². The molecule has 0 fully saturated rings. The lowest BCUT2D eigenvalue weighted by Crippen LogP contribution is -2.32. The Morgan fingerprint density at radius 3 is 2.61 bits per heavy atom. The van der Waals surface area contributed by atoms with Gasteiger partial charge >= 0.3 is 0 Å². The largest absolute Gasteiger partial charge is 0.375 e. The number of nitrogens with zero attached hydrogens (tertiary/aromatic N) is 4. The van der Waals surface area contributed by atoms with E-state index in [0.717, 1.165) is 5.56 Å². The van der Waals surface area contributed by atoms with Crippen LogP contribution in [-0.2, 0) is 0 Å². The third kappa shape index (κ3) is 2.39. The Labute approximate surface area is 157 Å². The van der Waals surface area contributed by atoms with Crippen molar-refractivity contribution in [2.24, 2.45) is 0 Å². The number of aromatic nitrogens is 5. The monoisotopic (exact) mass is 380 g/mol. The van der Waals surface area contributed by atoms with E-state index >= 15 is 0 Å². The molecule has 3 heterocycles. The lowest BCUT2D eigenvalue weighted by molar-refractivity contribution is 0.436. The van der Waals surface area contributed by atoms with Crippen LogP contribution in [0.1, 0.15) is 29.2 Å². The molecule has 1 aliphatic rings. The standard InChI is InChI=1S/C19H14F2N6O/c1-9-22-8-23-27(9)18-16(10-2-4-11(20)5-3-10)24-14-7-12(21)6-13-15(14)17(18)25-26-19(13)28/h2-8,16,18,24H,1H3,(H,26,28)/t16-,18-/m0/s1. The van der Waals surface area contributed by atoms with Crippen molar-refractivity contribution in [1.82, 2.24) is 25.0 Å². The van der Waals surface area contributed by atoms with Crippen molar-refractivity contribution < 1.29 is 8.78 Å². The van der Waals surface area contributed by atoms with Crippen LogP contribution in [0, 0.1) is 18.6 Å². The molecule has 0 unspecified atom stereocenters. The van der Waals surface area contributed by atoms with Crippen molar-refractivity contribution in [3.8, 4) is 0 Å². The van der Waals surface area contributed by atoms with Gasteiger partial charge in [-0.15, -0.1) is 0 Å². The second-order valence-corrected chi connectivity index (χ2v) is 6.68. The Morgan fingerprint density at radius 2 is 1.89 bits per heavy atom. The van der Waals surface area contributed by atoms with Gasteiger partial charge in [0.1, 0.15) is 29.8 Å². The zero-order valence-corrected chi connectivity index (χ0v) is 14.6. The molecule has 0 saturated carbocycles. The number of nitrogens with one attached hydrogen (secondary N) is 2. The first-order chi connectivity index (χ1) is 13.5. The van der Waals surface area contributed by atoms with Crippen LogP contribution in [0.2, 0.25) is 0 Å². The lowest BCUT2D eigenvalue weighted by atomic mass is 9.89. The number of benzene rings is 2. The minimum atomic E-state index is -0.536. The van der Waals surface area contributed by atoms with Crippen molar-refractivity contribution in [3.63, 3.8) is 0 Å². The van der Waals surface area contributed by atoms with Gasteiger partial charge in [0.25, 0.3) is 5.56 Å². The molecule has 5 rings (SSSR count). The number of H-pyrrole nitrogens is 1. The van der Waals surface area contributed by atoms with Crippen molar-refractivity contribution in [1.29, 1.82) is 0 Å². The first-order valence-corrected chi connectivity index (χ1v) is 8.63. The number of hydrogen-bond donors (Lipinski definition) is 2. The highest BCUT2D eigenvalue weighted by Gasteiger charge is 2.36. The van der Waals surface area contributed by atoms with Gasteiger partial charge in [0.2, 0.25) is 0 Å². The van der Waals surface area contributed by atoms with Crippen LogP contribution in [-0.4, -0.2) is 25.0 Å². The fourth-order valence-electron chi connectivity index (χ4n) is 3.79. The van der Waals surface area contributed by atoms with E-state index in [1.165, 1.54) is 30.6 Å². The van der Waals surface area contributed by atoms with Gasteiger partial charge in [-0.1, -0.05) is 12.1 Å². The predicted molar refractivity (Wildman–Crippen MR) is 98.0 cm³/mol. The summed E-state index contributed by atoms with van der Waals surface area (Å²) in [4.78, 5) is 16.4. The maximum absolute atomic E-state index is 14.1. The molecule has 2 atom stereocenters. The van der Waals surface area contributed by atoms with Gasteiger partial charge in [0.05, 0.1) is 17.1 Å². The zero-order valence-electron chi connectivity index (χ0n) is 14.6. The van der Waals surface area contributed by atoms with Crippen LogP contribution < -0.4 is 10.9 Å². The third-order valence-electron chi connectivity index (χ3n) is 5.03. The van der Waals surface area contributed by atoms with E-state index in [9.17, 15) is 13.6 Å². The normalized spacial score (nSPS) is 18.2. The molecule has 4 aromatic rings. The van der Waals surface area contributed by atoms with Gasteiger partial charge in [-0.3, -0.25) is 4.79 Å². The van der Waals surface area contributed by atoms with Gasteiger partial charge < -0.3 is 5.32 Å². The third-order valence-corrected chi connectivity index (χ3v) is 5.03. The number of aryl methyl sites for hydroxylation is 1. The van der Waals surface area contributed by atoms with E-state index in [4.69, 9.17) is 0 Å². The molecule has 0 spiro atoms. The van der Waals surface area contributed by atoms with E-state index in [2.05, 4.69) is 25.6 Å². The van der Waals surface area contributed by atoms with Gasteiger partial charge in [0.15, 0.2) is 0 Å². The SMILES string of the molecule is Cc1ncnn1[C@@H]1c2n[nH]c(=O)c3cc(F)cc(c23)N[C@H]1c1ccc(F)cc1. The van der Waals surface area contributed by atoms with Crippen molar-refractivity contribution in [2.45, 2.75) is 19.0 Å². The molecule has 2 aromatic carbocycles. The Morgan fingerprint density at radius 1 is 1.11 bits per heavy atom. The van der Waals surface area contributed by atoms with Crippen LogP contribution in [0.5, 0.6) is 0 Å². The molecule has 0 amide bonds. The summed E-state index contributed by atoms with van der Waals surface area (Å²) in [7, 11) is 0. The number of anilines is 1. The first kappa shape index (κ1) is 16.5. The van der Waals surface area contributed by atoms with E-state index in [-0.39, 0.29) is 11.2 Å². The number of rotatable bonds is 2. The number of halogens is 2. The topological polar surface area (TPSA) is 88.5 Å². The Balaban J connectivity index is 1.82. The molecule has 2 aromatic heterocycles. The highest BCUT2D eigenvalue weighted by molar-refractivity contribution is 5.97. The fourth-order valence-corrected chi connectivity index (χ4v) is 3.79. The van der Waals surface area contributed by atoms with Crippen LogP contribution in [0.25, 0.3) is 10.8 Å². The summed E-state index contributed by atoms with van der Waals surface area (Å²) in [6.07, 6.45) is 1.43. The summed E-state index contributed by atoms with van der Waals surface area (Å²) in [5.74, 6) is -0.249. The average Bonchev–Trinajstić information content (AvgIpc) is 3.10. The van der Waals surface area contributed by atoms with Crippen LogP contribution in [0.4, 0.5) is 14.5 Å². The second-order valence-electron chi connectivity index (χ2n) is 6.68. The highest BCUT2D eigenvalue weighted by atomic mass is 19.1. The minimum Gasteiger partial charge on any atom is -0.375 e. The quantitative estimate of drug-likeness (QED) is 0.558.